The van der Waals surface area contributed by atoms with Crippen molar-refractivity contribution in [3.63, 3.8) is 0 Å². The second-order valence-corrected chi connectivity index (χ2v) is 2.89. The molecule has 1 N–H and O–H groups in total. The Balaban J connectivity index is 2.22. The summed E-state index contributed by atoms with van der Waals surface area (Å²) >= 11 is 0. The molecule has 64 valence electrons. The minimum absolute atomic E-state index is 0.775. The maximum atomic E-state index is 7.86. The van der Waals surface area contributed by atoms with Crippen molar-refractivity contribution >= 4 is 0 Å². The standard InChI is InChI=1S/C6H13N3O2/c1-6-2-4-9(5-3-6)7-8-11-10/h6,10H,2-5H2,1H3/b8-7+. The predicted molar refractivity (Wildman–Crippen MR) is 38.5 cm³/mol. The Hall–Kier alpha value is -0.840. The Morgan fingerprint density at radius 2 is 2.09 bits per heavy atom. The SMILES string of the molecule is CC1CCN(/N=N/OO)CC1. The fourth-order valence-electron chi connectivity index (χ4n) is 1.15. The van der Waals surface area contributed by atoms with Crippen LogP contribution in [0, 0.1) is 5.92 Å². The Bertz CT molecular complexity index is 132. The summed E-state index contributed by atoms with van der Waals surface area (Å²) in [6, 6.07) is 0. The van der Waals surface area contributed by atoms with Gasteiger partial charge in [-0.15, -0.1) is 0 Å². The first-order valence-electron chi connectivity index (χ1n) is 3.79. The monoisotopic (exact) mass is 159 g/mol. The summed E-state index contributed by atoms with van der Waals surface area (Å²) in [5, 5.41) is 16.3. The zero-order chi connectivity index (χ0) is 8.10. The highest BCUT2D eigenvalue weighted by atomic mass is 17.2. The van der Waals surface area contributed by atoms with E-state index in [1.54, 1.807) is 5.01 Å². The second-order valence-electron chi connectivity index (χ2n) is 2.89. The topological polar surface area (TPSA) is 57.4 Å². The third-order valence-electron chi connectivity index (χ3n) is 1.96. The maximum Gasteiger partial charge on any atom is 0.0837 e. The molecule has 0 aromatic rings. The van der Waals surface area contributed by atoms with E-state index in [-0.39, 0.29) is 0 Å². The van der Waals surface area contributed by atoms with Crippen LogP contribution in [0.2, 0.25) is 0 Å². The Morgan fingerprint density at radius 1 is 1.45 bits per heavy atom. The lowest BCUT2D eigenvalue weighted by Gasteiger charge is -2.25. The third kappa shape index (κ3) is 2.71. The van der Waals surface area contributed by atoms with Crippen molar-refractivity contribution in [2.75, 3.05) is 13.1 Å². The van der Waals surface area contributed by atoms with Gasteiger partial charge in [0, 0.05) is 13.1 Å². The van der Waals surface area contributed by atoms with Crippen LogP contribution in [0.5, 0.6) is 0 Å². The van der Waals surface area contributed by atoms with Gasteiger partial charge in [0.1, 0.15) is 0 Å². The first kappa shape index (κ1) is 8.26. The van der Waals surface area contributed by atoms with E-state index in [1.807, 2.05) is 0 Å². The van der Waals surface area contributed by atoms with Crippen molar-refractivity contribution in [2.24, 2.45) is 16.4 Å². The molecule has 1 heterocycles. The molecule has 1 aliphatic rings. The van der Waals surface area contributed by atoms with Gasteiger partial charge >= 0.3 is 0 Å². The molecule has 5 nitrogen and oxygen atoms in total. The number of rotatable bonds is 2. The van der Waals surface area contributed by atoms with Crippen LogP contribution >= 0.6 is 0 Å². The third-order valence-corrected chi connectivity index (χ3v) is 1.96. The minimum Gasteiger partial charge on any atom is -0.276 e. The van der Waals surface area contributed by atoms with E-state index in [4.69, 9.17) is 5.26 Å². The summed E-state index contributed by atoms with van der Waals surface area (Å²) in [4.78, 5) is 3.49. The van der Waals surface area contributed by atoms with Crippen LogP contribution in [0.1, 0.15) is 19.8 Å². The van der Waals surface area contributed by atoms with Crippen LogP contribution in [0.4, 0.5) is 0 Å². The minimum atomic E-state index is 0.775. The molecule has 0 atom stereocenters. The first-order chi connectivity index (χ1) is 5.33. The molecular formula is C6H13N3O2. The van der Waals surface area contributed by atoms with Gasteiger partial charge in [-0.3, -0.25) is 5.01 Å². The van der Waals surface area contributed by atoms with Gasteiger partial charge in [-0.25, -0.2) is 4.99 Å². The summed E-state index contributed by atoms with van der Waals surface area (Å²) in [5.41, 5.74) is 0. The molecule has 0 aromatic carbocycles. The van der Waals surface area contributed by atoms with Gasteiger partial charge in [-0.05, 0) is 24.0 Å². The largest absolute Gasteiger partial charge is 0.276 e. The highest BCUT2D eigenvalue weighted by Crippen LogP contribution is 2.15. The Kier molecular flexibility index (Phi) is 3.10. The van der Waals surface area contributed by atoms with Crippen LogP contribution in [0.15, 0.2) is 10.5 Å². The van der Waals surface area contributed by atoms with E-state index >= 15 is 0 Å². The Morgan fingerprint density at radius 3 is 2.64 bits per heavy atom. The molecule has 0 aliphatic carbocycles. The van der Waals surface area contributed by atoms with Gasteiger partial charge in [-0.2, -0.15) is 5.26 Å². The fourth-order valence-corrected chi connectivity index (χ4v) is 1.15. The number of nitrogens with zero attached hydrogens (tertiary/aromatic N) is 3. The summed E-state index contributed by atoms with van der Waals surface area (Å²) in [5.74, 6) is 0.775. The molecule has 1 rings (SSSR count). The number of piperidine rings is 1. The van der Waals surface area contributed by atoms with E-state index in [2.05, 4.69) is 22.4 Å². The average Bonchev–Trinajstić information content (AvgIpc) is 2.04. The molecule has 0 aromatic heterocycles. The fraction of sp³-hybridized carbons (Fsp3) is 1.00. The zero-order valence-electron chi connectivity index (χ0n) is 6.60. The van der Waals surface area contributed by atoms with Gasteiger partial charge in [-0.1, -0.05) is 6.92 Å². The van der Waals surface area contributed by atoms with E-state index in [1.165, 1.54) is 0 Å². The molecule has 11 heavy (non-hydrogen) atoms. The summed E-state index contributed by atoms with van der Waals surface area (Å²) in [7, 11) is 0. The van der Waals surface area contributed by atoms with Crippen LogP contribution in [-0.4, -0.2) is 23.4 Å². The van der Waals surface area contributed by atoms with Gasteiger partial charge < -0.3 is 0 Å². The predicted octanol–water partition coefficient (Wildman–Crippen LogP) is 1.49. The molecule has 5 heteroatoms. The van der Waals surface area contributed by atoms with E-state index in [0.717, 1.165) is 31.8 Å². The summed E-state index contributed by atoms with van der Waals surface area (Å²) < 4.78 is 0. The first-order valence-corrected chi connectivity index (χ1v) is 3.79. The molecule has 0 spiro atoms. The van der Waals surface area contributed by atoms with Crippen LogP contribution < -0.4 is 0 Å². The lowest BCUT2D eigenvalue weighted by Crippen LogP contribution is -2.28. The normalized spacial score (nSPS) is 21.1. The van der Waals surface area contributed by atoms with E-state index in [0.29, 0.717) is 0 Å². The van der Waals surface area contributed by atoms with Crippen molar-refractivity contribution < 1.29 is 10.2 Å². The molecule has 0 saturated carbocycles. The van der Waals surface area contributed by atoms with Crippen molar-refractivity contribution in [1.82, 2.24) is 5.01 Å². The van der Waals surface area contributed by atoms with Crippen LogP contribution in [-0.2, 0) is 4.99 Å². The van der Waals surface area contributed by atoms with Gasteiger partial charge in [0.25, 0.3) is 0 Å². The molecule has 0 unspecified atom stereocenters. The lowest BCUT2D eigenvalue weighted by atomic mass is 10.0. The average molecular weight is 159 g/mol. The number of hydrogen-bond donors (Lipinski definition) is 1. The summed E-state index contributed by atoms with van der Waals surface area (Å²) in [6.07, 6.45) is 2.26. The van der Waals surface area contributed by atoms with Crippen LogP contribution in [0.25, 0.3) is 0 Å². The van der Waals surface area contributed by atoms with Gasteiger partial charge in [0.2, 0.25) is 0 Å². The van der Waals surface area contributed by atoms with Gasteiger partial charge in [0.05, 0.1) is 5.28 Å². The highest BCUT2D eigenvalue weighted by Gasteiger charge is 2.13. The van der Waals surface area contributed by atoms with E-state index < -0.39 is 0 Å². The molecule has 0 amide bonds. The van der Waals surface area contributed by atoms with Gasteiger partial charge in [0.15, 0.2) is 0 Å². The van der Waals surface area contributed by atoms with Crippen molar-refractivity contribution in [2.45, 2.75) is 19.8 Å². The van der Waals surface area contributed by atoms with Crippen molar-refractivity contribution in [3.8, 4) is 0 Å². The zero-order valence-corrected chi connectivity index (χ0v) is 6.60. The highest BCUT2D eigenvalue weighted by molar-refractivity contribution is 4.64. The number of hydrogen-bond acceptors (Lipinski definition) is 4. The summed E-state index contributed by atoms with van der Waals surface area (Å²) in [6.45, 7) is 4.01. The van der Waals surface area contributed by atoms with Crippen molar-refractivity contribution in [1.29, 1.82) is 0 Å². The molecule has 1 saturated heterocycles. The molecule has 0 bridgehead atoms. The lowest BCUT2D eigenvalue weighted by molar-refractivity contribution is -0.255. The van der Waals surface area contributed by atoms with Crippen LogP contribution in [0.3, 0.4) is 0 Å². The van der Waals surface area contributed by atoms with E-state index in [9.17, 15) is 0 Å². The maximum absolute atomic E-state index is 7.86. The quantitative estimate of drug-likeness (QED) is 0.377. The second kappa shape index (κ2) is 4.12. The Labute approximate surface area is 65.5 Å². The molecular weight excluding hydrogens is 146 g/mol. The smallest absolute Gasteiger partial charge is 0.0837 e. The molecule has 0 radical (unpaired) electrons. The molecule has 1 aliphatic heterocycles. The molecule has 1 fully saturated rings. The van der Waals surface area contributed by atoms with Crippen molar-refractivity contribution in [3.05, 3.63) is 0 Å².